The molecule has 0 spiro atoms. The van der Waals surface area contributed by atoms with Crippen LogP contribution in [-0.4, -0.2) is 142 Å². The Morgan fingerprint density at radius 3 is 1.62 bits per heavy atom. The number of benzene rings is 4. The first-order valence-electron chi connectivity index (χ1n) is 26.8. The van der Waals surface area contributed by atoms with E-state index < -0.39 is 77.9 Å². The summed E-state index contributed by atoms with van der Waals surface area (Å²) in [5.74, 6) is -4.45. The zero-order valence-electron chi connectivity index (χ0n) is 42.8. The lowest BCUT2D eigenvalue weighted by molar-refractivity contribution is -0.148. The number of nitrogens with one attached hydrogen (secondary N) is 6. The van der Waals surface area contributed by atoms with Crippen LogP contribution in [0.5, 0.6) is 0 Å². The van der Waals surface area contributed by atoms with Gasteiger partial charge in [-0.1, -0.05) is 109 Å². The molecule has 18 nitrogen and oxygen atoms in total. The molecule has 18 heteroatoms. The molecule has 4 heterocycles. The number of hydrogen-bond donors (Lipinski definition) is 8. The molecule has 8 rings (SSSR count). The molecule has 0 saturated carbocycles. The Kier molecular flexibility index (Phi) is 19.0. The molecule has 8 unspecified atom stereocenters. The molecule has 0 aliphatic carbocycles. The average molecular weight is 1040 g/mol. The molecule has 0 radical (unpaired) electrons. The van der Waals surface area contributed by atoms with E-state index in [1.165, 1.54) is 4.90 Å². The minimum absolute atomic E-state index is 0.0614. The Morgan fingerprint density at radius 2 is 1.03 bits per heavy atom. The van der Waals surface area contributed by atoms with Crippen molar-refractivity contribution in [2.75, 3.05) is 26.2 Å². The molecule has 4 aliphatic heterocycles. The van der Waals surface area contributed by atoms with Gasteiger partial charge in [-0.25, -0.2) is 4.79 Å². The largest absolute Gasteiger partial charge is 0.481 e. The summed E-state index contributed by atoms with van der Waals surface area (Å²) in [6, 6.07) is 27.5. The van der Waals surface area contributed by atoms with Crippen LogP contribution in [-0.2, 0) is 64.0 Å². The van der Waals surface area contributed by atoms with Crippen LogP contribution in [0.2, 0.25) is 0 Å². The maximum absolute atomic E-state index is 14.3. The summed E-state index contributed by atoms with van der Waals surface area (Å²) in [6.45, 7) is 2.15. The SMILES string of the molecule is O=C(O)CC(Cc1ccccc1)NC(=O)C(Cc1ccc(-c2cccc(CC(CC(=O)N3CCCC3C(=O)O)NC(=O)C(Cc3ccccc3)NC(=O)C3CCCN3)c2)cc1)NC(=O)C1CCCN1C(=O)C1CCCN1. The standard InChI is InChI=1S/C58H70N8O10/c67-51(65-28-11-21-50(65)58(75)76)35-43(61-54(71)47(33-38-14-5-2-6-15-38)63-53(70)45-18-8-26-59-45)32-40-16-7-17-42(30-40)41-24-22-39(23-25-41)34-48(55(72)62-44(36-52(68)69)31-37-12-3-1-4-13-37)64-56(73)49-20-10-29-66(49)57(74)46-19-9-27-60-46/h1-7,12-17,22-25,30,43-50,59-60H,8-11,18-21,26-29,31-36H2,(H,61,71)(H,62,72)(H,63,70)(H,64,73)(H,68,69)(H,75,76). The highest BCUT2D eigenvalue weighted by Crippen LogP contribution is 2.26. The maximum Gasteiger partial charge on any atom is 0.326 e. The number of hydrogen-bond acceptors (Lipinski definition) is 10. The Balaban J connectivity index is 1.00. The van der Waals surface area contributed by atoms with Gasteiger partial charge in [-0.15, -0.1) is 0 Å². The van der Waals surface area contributed by atoms with Crippen molar-refractivity contribution in [1.82, 2.24) is 41.7 Å². The number of likely N-dealkylation sites (tertiary alicyclic amines) is 2. The third-order valence-corrected chi connectivity index (χ3v) is 15.0. The first-order chi connectivity index (χ1) is 36.8. The number of carbonyl (C=O) groups excluding carboxylic acids is 6. The van der Waals surface area contributed by atoms with Crippen LogP contribution >= 0.6 is 0 Å². The van der Waals surface area contributed by atoms with Gasteiger partial charge in [0.1, 0.15) is 24.2 Å². The molecule has 4 aliphatic rings. The summed E-state index contributed by atoms with van der Waals surface area (Å²) in [4.78, 5) is 111. The number of carbonyl (C=O) groups is 8. The van der Waals surface area contributed by atoms with Crippen molar-refractivity contribution in [1.29, 1.82) is 0 Å². The predicted molar refractivity (Wildman–Crippen MR) is 283 cm³/mol. The summed E-state index contributed by atoms with van der Waals surface area (Å²) in [6.07, 6.45) is 5.22. The second kappa shape index (κ2) is 26.4. The molecular weight excluding hydrogens is 969 g/mol. The summed E-state index contributed by atoms with van der Waals surface area (Å²) in [5.41, 5.74) is 4.78. The highest BCUT2D eigenvalue weighted by atomic mass is 16.4. The topological polar surface area (TPSA) is 256 Å². The molecule has 0 bridgehead atoms. The molecule has 4 fully saturated rings. The zero-order valence-corrected chi connectivity index (χ0v) is 42.8. The molecular formula is C58H70N8O10. The maximum atomic E-state index is 14.3. The van der Waals surface area contributed by atoms with Crippen LogP contribution in [0, 0.1) is 0 Å². The molecule has 4 saturated heterocycles. The number of rotatable bonds is 23. The molecule has 76 heavy (non-hydrogen) atoms. The molecule has 8 atom stereocenters. The van der Waals surface area contributed by atoms with E-state index in [9.17, 15) is 48.6 Å². The van der Waals surface area contributed by atoms with Crippen molar-refractivity contribution in [2.24, 2.45) is 0 Å². The van der Waals surface area contributed by atoms with Crippen LogP contribution in [0.3, 0.4) is 0 Å². The Bertz CT molecular complexity index is 2680. The van der Waals surface area contributed by atoms with Gasteiger partial charge in [-0.05, 0) is 111 Å². The van der Waals surface area contributed by atoms with E-state index in [1.807, 2.05) is 109 Å². The Morgan fingerprint density at radius 1 is 0.500 bits per heavy atom. The molecule has 402 valence electrons. The monoisotopic (exact) mass is 1040 g/mol. The quantitative estimate of drug-likeness (QED) is 0.0533. The van der Waals surface area contributed by atoms with Gasteiger partial charge in [0.25, 0.3) is 0 Å². The van der Waals surface area contributed by atoms with Crippen LogP contribution in [0.15, 0.2) is 109 Å². The molecule has 0 aromatic heterocycles. The van der Waals surface area contributed by atoms with Crippen molar-refractivity contribution >= 4 is 47.4 Å². The van der Waals surface area contributed by atoms with Crippen molar-refractivity contribution in [3.63, 3.8) is 0 Å². The average Bonchev–Trinajstić information content (AvgIpc) is 4.28. The highest BCUT2D eigenvalue weighted by Gasteiger charge is 2.40. The van der Waals surface area contributed by atoms with E-state index in [2.05, 4.69) is 31.9 Å². The van der Waals surface area contributed by atoms with E-state index in [1.54, 1.807) is 4.90 Å². The third kappa shape index (κ3) is 14.9. The van der Waals surface area contributed by atoms with Crippen molar-refractivity contribution in [2.45, 2.75) is 138 Å². The van der Waals surface area contributed by atoms with Gasteiger partial charge in [0.15, 0.2) is 0 Å². The van der Waals surface area contributed by atoms with Crippen molar-refractivity contribution < 1.29 is 48.6 Å². The highest BCUT2D eigenvalue weighted by molar-refractivity contribution is 5.94. The fraction of sp³-hybridized carbons (Fsp3) is 0.448. The van der Waals surface area contributed by atoms with Crippen LogP contribution in [0.1, 0.15) is 86.5 Å². The second-order valence-electron chi connectivity index (χ2n) is 20.6. The minimum Gasteiger partial charge on any atom is -0.481 e. The van der Waals surface area contributed by atoms with Crippen LogP contribution in [0.4, 0.5) is 0 Å². The third-order valence-electron chi connectivity index (χ3n) is 15.0. The van der Waals surface area contributed by atoms with E-state index in [4.69, 9.17) is 0 Å². The van der Waals surface area contributed by atoms with Crippen molar-refractivity contribution in [3.05, 3.63) is 131 Å². The molecule has 4 aromatic rings. The second-order valence-corrected chi connectivity index (χ2v) is 20.6. The lowest BCUT2D eigenvalue weighted by Crippen LogP contribution is -2.56. The normalized spacial score (nSPS) is 20.7. The summed E-state index contributed by atoms with van der Waals surface area (Å²) in [7, 11) is 0. The fourth-order valence-electron chi connectivity index (χ4n) is 11.1. The number of aliphatic carboxylic acids is 2. The zero-order chi connectivity index (χ0) is 53.6. The summed E-state index contributed by atoms with van der Waals surface area (Å²) < 4.78 is 0. The van der Waals surface area contributed by atoms with Gasteiger partial charge in [-0.2, -0.15) is 0 Å². The first kappa shape index (κ1) is 54.8. The van der Waals surface area contributed by atoms with Gasteiger partial charge >= 0.3 is 11.9 Å². The van der Waals surface area contributed by atoms with Crippen LogP contribution in [0.25, 0.3) is 11.1 Å². The summed E-state index contributed by atoms with van der Waals surface area (Å²) in [5, 5.41) is 38.0. The van der Waals surface area contributed by atoms with Gasteiger partial charge in [0, 0.05) is 44.4 Å². The fourth-order valence-corrected chi connectivity index (χ4v) is 11.1. The van der Waals surface area contributed by atoms with Gasteiger partial charge < -0.3 is 51.9 Å². The first-order valence-corrected chi connectivity index (χ1v) is 26.8. The number of carboxylic acid groups (broad SMARTS) is 2. The molecule has 8 N–H and O–H groups in total. The molecule has 6 amide bonds. The van der Waals surface area contributed by atoms with E-state index >= 15 is 0 Å². The lowest BCUT2D eigenvalue weighted by Gasteiger charge is -2.29. The summed E-state index contributed by atoms with van der Waals surface area (Å²) >= 11 is 0. The number of amides is 6. The minimum atomic E-state index is -1.11. The van der Waals surface area contributed by atoms with E-state index in [0.29, 0.717) is 63.7 Å². The molecule has 4 aromatic carbocycles. The van der Waals surface area contributed by atoms with Crippen LogP contribution < -0.4 is 31.9 Å². The van der Waals surface area contributed by atoms with E-state index in [0.717, 1.165) is 47.2 Å². The Labute approximate surface area is 443 Å². The Hall–Kier alpha value is -7.44. The van der Waals surface area contributed by atoms with Gasteiger partial charge in [-0.3, -0.25) is 33.6 Å². The van der Waals surface area contributed by atoms with Gasteiger partial charge in [0.05, 0.1) is 18.5 Å². The van der Waals surface area contributed by atoms with Crippen molar-refractivity contribution in [3.8, 4) is 11.1 Å². The predicted octanol–water partition coefficient (Wildman–Crippen LogP) is 3.30. The van der Waals surface area contributed by atoms with Gasteiger partial charge in [0.2, 0.25) is 35.4 Å². The lowest BCUT2D eigenvalue weighted by atomic mass is 9.95. The van der Waals surface area contributed by atoms with E-state index in [-0.39, 0.29) is 56.4 Å². The smallest absolute Gasteiger partial charge is 0.326 e. The number of carboxylic acids is 2. The number of nitrogens with zero attached hydrogens (tertiary/aromatic N) is 2.